The lowest BCUT2D eigenvalue weighted by Gasteiger charge is -2.12. The lowest BCUT2D eigenvalue weighted by Crippen LogP contribution is -2.39. The Balaban J connectivity index is 2.11. The molecule has 0 fully saturated rings. The van der Waals surface area contributed by atoms with Crippen molar-refractivity contribution in [2.75, 3.05) is 6.54 Å². The number of hydrogen-bond donors (Lipinski definition) is 2. The summed E-state index contributed by atoms with van der Waals surface area (Å²) in [6, 6.07) is 9.40. The van der Waals surface area contributed by atoms with Crippen LogP contribution in [-0.2, 0) is 0 Å². The van der Waals surface area contributed by atoms with Crippen LogP contribution in [0.3, 0.4) is 0 Å². The standard InChI is InChI=1S/C13H17N5O/c1-2-10(8-14)16-13(19)12-9-15-18(17-12)11-6-4-3-5-7-11/h3-7,9-10H,2,8,14H2,1H3,(H,16,19). The molecular formula is C13H17N5O. The lowest BCUT2D eigenvalue weighted by atomic mass is 10.2. The van der Waals surface area contributed by atoms with E-state index in [0.29, 0.717) is 6.54 Å². The van der Waals surface area contributed by atoms with Crippen molar-refractivity contribution in [3.05, 3.63) is 42.2 Å². The predicted molar refractivity (Wildman–Crippen MR) is 72.0 cm³/mol. The second-order valence-corrected chi connectivity index (χ2v) is 4.17. The van der Waals surface area contributed by atoms with E-state index in [2.05, 4.69) is 15.5 Å². The molecule has 0 bridgehead atoms. The van der Waals surface area contributed by atoms with Gasteiger partial charge < -0.3 is 11.1 Å². The average molecular weight is 259 g/mol. The van der Waals surface area contributed by atoms with Gasteiger partial charge in [-0.15, -0.1) is 5.10 Å². The van der Waals surface area contributed by atoms with Gasteiger partial charge in [-0.1, -0.05) is 25.1 Å². The summed E-state index contributed by atoms with van der Waals surface area (Å²) in [5, 5.41) is 11.1. The van der Waals surface area contributed by atoms with Gasteiger partial charge in [-0.25, -0.2) is 0 Å². The Morgan fingerprint density at radius 2 is 2.16 bits per heavy atom. The largest absolute Gasteiger partial charge is 0.347 e. The van der Waals surface area contributed by atoms with Crippen molar-refractivity contribution in [3.8, 4) is 5.69 Å². The van der Waals surface area contributed by atoms with Crippen LogP contribution in [0.4, 0.5) is 0 Å². The summed E-state index contributed by atoms with van der Waals surface area (Å²) in [5.41, 5.74) is 6.65. The topological polar surface area (TPSA) is 85.8 Å². The number of carbonyl (C=O) groups excluding carboxylic acids is 1. The number of nitrogens with one attached hydrogen (secondary N) is 1. The summed E-state index contributed by atoms with van der Waals surface area (Å²) < 4.78 is 0. The number of nitrogens with zero attached hydrogens (tertiary/aromatic N) is 3. The summed E-state index contributed by atoms with van der Waals surface area (Å²) in [7, 11) is 0. The molecule has 2 rings (SSSR count). The van der Waals surface area contributed by atoms with Crippen LogP contribution in [-0.4, -0.2) is 33.5 Å². The van der Waals surface area contributed by atoms with Crippen molar-refractivity contribution in [1.82, 2.24) is 20.3 Å². The Kier molecular flexibility index (Phi) is 4.25. The molecule has 0 aliphatic rings. The van der Waals surface area contributed by atoms with E-state index in [0.717, 1.165) is 12.1 Å². The Morgan fingerprint density at radius 1 is 1.42 bits per heavy atom. The fourth-order valence-corrected chi connectivity index (χ4v) is 1.64. The molecule has 100 valence electrons. The normalized spacial score (nSPS) is 12.1. The van der Waals surface area contributed by atoms with Gasteiger partial charge in [-0.3, -0.25) is 4.79 Å². The summed E-state index contributed by atoms with van der Waals surface area (Å²) in [5.74, 6) is -0.250. The van der Waals surface area contributed by atoms with Gasteiger partial charge in [0.05, 0.1) is 11.9 Å². The van der Waals surface area contributed by atoms with Gasteiger partial charge in [0.1, 0.15) is 0 Å². The molecule has 0 aliphatic carbocycles. The van der Waals surface area contributed by atoms with E-state index in [9.17, 15) is 4.79 Å². The Labute approximate surface area is 111 Å². The zero-order valence-electron chi connectivity index (χ0n) is 10.8. The number of carbonyl (C=O) groups is 1. The molecule has 3 N–H and O–H groups in total. The van der Waals surface area contributed by atoms with E-state index in [4.69, 9.17) is 5.73 Å². The summed E-state index contributed by atoms with van der Waals surface area (Å²) in [6.45, 7) is 2.38. The smallest absolute Gasteiger partial charge is 0.273 e. The maximum absolute atomic E-state index is 11.9. The first kappa shape index (κ1) is 13.2. The van der Waals surface area contributed by atoms with Crippen LogP contribution in [0.1, 0.15) is 23.8 Å². The van der Waals surface area contributed by atoms with Gasteiger partial charge in [0, 0.05) is 12.6 Å². The van der Waals surface area contributed by atoms with Gasteiger partial charge in [-0.05, 0) is 18.6 Å². The van der Waals surface area contributed by atoms with Crippen LogP contribution in [0.5, 0.6) is 0 Å². The Morgan fingerprint density at radius 3 is 2.79 bits per heavy atom. The highest BCUT2D eigenvalue weighted by atomic mass is 16.2. The monoisotopic (exact) mass is 259 g/mol. The van der Waals surface area contributed by atoms with E-state index in [1.165, 1.54) is 11.0 Å². The molecule has 6 heteroatoms. The molecule has 0 aliphatic heterocycles. The average Bonchev–Trinajstić information content (AvgIpc) is 2.95. The summed E-state index contributed by atoms with van der Waals surface area (Å²) in [4.78, 5) is 13.4. The first-order valence-electron chi connectivity index (χ1n) is 6.23. The molecule has 0 radical (unpaired) electrons. The number of nitrogens with two attached hydrogens (primary N) is 1. The molecule has 2 aromatic rings. The molecule has 1 atom stereocenters. The number of hydrogen-bond acceptors (Lipinski definition) is 4. The second kappa shape index (κ2) is 6.10. The van der Waals surface area contributed by atoms with Gasteiger partial charge in [-0.2, -0.15) is 9.90 Å². The highest BCUT2D eigenvalue weighted by molar-refractivity contribution is 5.92. The van der Waals surface area contributed by atoms with Gasteiger partial charge in [0.15, 0.2) is 5.69 Å². The van der Waals surface area contributed by atoms with Crippen molar-refractivity contribution in [3.63, 3.8) is 0 Å². The van der Waals surface area contributed by atoms with E-state index >= 15 is 0 Å². The first-order valence-corrected chi connectivity index (χ1v) is 6.23. The molecule has 1 heterocycles. The fourth-order valence-electron chi connectivity index (χ4n) is 1.64. The zero-order chi connectivity index (χ0) is 13.7. The minimum Gasteiger partial charge on any atom is -0.347 e. The molecule has 0 saturated heterocycles. The highest BCUT2D eigenvalue weighted by Crippen LogP contribution is 2.04. The molecule has 0 spiro atoms. The first-order chi connectivity index (χ1) is 9.24. The zero-order valence-corrected chi connectivity index (χ0v) is 10.8. The van der Waals surface area contributed by atoms with E-state index in [1.54, 1.807) is 0 Å². The summed E-state index contributed by atoms with van der Waals surface area (Å²) >= 11 is 0. The van der Waals surface area contributed by atoms with Crippen LogP contribution in [0, 0.1) is 0 Å². The van der Waals surface area contributed by atoms with Crippen LogP contribution >= 0.6 is 0 Å². The van der Waals surface area contributed by atoms with Gasteiger partial charge >= 0.3 is 0 Å². The molecule has 1 aromatic heterocycles. The maximum Gasteiger partial charge on any atom is 0.273 e. The third kappa shape index (κ3) is 3.17. The third-order valence-corrected chi connectivity index (χ3v) is 2.82. The van der Waals surface area contributed by atoms with E-state index < -0.39 is 0 Å². The van der Waals surface area contributed by atoms with Crippen molar-refractivity contribution in [2.24, 2.45) is 5.73 Å². The van der Waals surface area contributed by atoms with Crippen molar-refractivity contribution >= 4 is 5.91 Å². The van der Waals surface area contributed by atoms with Crippen LogP contribution < -0.4 is 11.1 Å². The van der Waals surface area contributed by atoms with E-state index in [1.807, 2.05) is 37.3 Å². The Hall–Kier alpha value is -2.21. The second-order valence-electron chi connectivity index (χ2n) is 4.17. The van der Waals surface area contributed by atoms with Crippen LogP contribution in [0.2, 0.25) is 0 Å². The maximum atomic E-state index is 11.9. The molecule has 1 unspecified atom stereocenters. The molecule has 6 nitrogen and oxygen atoms in total. The van der Waals surface area contributed by atoms with Crippen molar-refractivity contribution < 1.29 is 4.79 Å². The molecular weight excluding hydrogens is 242 g/mol. The Bertz CT molecular complexity index is 533. The molecule has 19 heavy (non-hydrogen) atoms. The SMILES string of the molecule is CCC(CN)NC(=O)c1cnn(-c2ccccc2)n1. The van der Waals surface area contributed by atoms with Crippen LogP contribution in [0.25, 0.3) is 5.69 Å². The quantitative estimate of drug-likeness (QED) is 0.829. The molecule has 1 amide bonds. The van der Waals surface area contributed by atoms with E-state index in [-0.39, 0.29) is 17.6 Å². The minimum atomic E-state index is -0.250. The van der Waals surface area contributed by atoms with Gasteiger partial charge in [0.25, 0.3) is 5.91 Å². The number of amides is 1. The van der Waals surface area contributed by atoms with Crippen LogP contribution in [0.15, 0.2) is 36.5 Å². The van der Waals surface area contributed by atoms with Crippen molar-refractivity contribution in [1.29, 1.82) is 0 Å². The van der Waals surface area contributed by atoms with Crippen molar-refractivity contribution in [2.45, 2.75) is 19.4 Å². The minimum absolute atomic E-state index is 0.0330. The number of benzene rings is 1. The number of rotatable bonds is 5. The fraction of sp³-hybridized carbons (Fsp3) is 0.308. The molecule has 1 aromatic carbocycles. The van der Waals surface area contributed by atoms with Gasteiger partial charge in [0.2, 0.25) is 0 Å². The predicted octanol–water partition coefficient (Wildman–Crippen LogP) is 0.734. The third-order valence-electron chi connectivity index (χ3n) is 2.82. The number of para-hydroxylation sites is 1. The number of aromatic nitrogens is 3. The lowest BCUT2D eigenvalue weighted by molar-refractivity contribution is 0.0931. The summed E-state index contributed by atoms with van der Waals surface area (Å²) in [6.07, 6.45) is 2.24. The highest BCUT2D eigenvalue weighted by Gasteiger charge is 2.14. The molecule has 0 saturated carbocycles.